The van der Waals surface area contributed by atoms with Crippen LogP contribution < -0.4 is 5.32 Å². The molecule has 2 aromatic rings. The standard InChI is InChI=1S/C17H15N3O3S/c18-12-13-6-8-15(9-7-13)24(22,23)20-11-10-19-17(21)16(20)14-4-2-1-3-5-14/h1-9,16H,10-11H2,(H,19,21)/t16-/m0/s1. The first-order valence-corrected chi connectivity index (χ1v) is 8.83. The summed E-state index contributed by atoms with van der Waals surface area (Å²) in [4.78, 5) is 12.4. The smallest absolute Gasteiger partial charge is 0.244 e. The number of rotatable bonds is 3. The van der Waals surface area contributed by atoms with E-state index in [2.05, 4.69) is 5.32 Å². The Morgan fingerprint density at radius 2 is 1.75 bits per heavy atom. The van der Waals surface area contributed by atoms with Crippen molar-refractivity contribution in [2.24, 2.45) is 0 Å². The normalized spacial score (nSPS) is 18.6. The molecular weight excluding hydrogens is 326 g/mol. The van der Waals surface area contributed by atoms with Crippen molar-refractivity contribution >= 4 is 15.9 Å². The van der Waals surface area contributed by atoms with Crippen molar-refractivity contribution in [1.29, 1.82) is 5.26 Å². The van der Waals surface area contributed by atoms with E-state index >= 15 is 0 Å². The van der Waals surface area contributed by atoms with Crippen LogP contribution in [0.2, 0.25) is 0 Å². The summed E-state index contributed by atoms with van der Waals surface area (Å²) in [5.41, 5.74) is 0.997. The quantitative estimate of drug-likeness (QED) is 0.914. The summed E-state index contributed by atoms with van der Waals surface area (Å²) in [6.07, 6.45) is 0. The number of hydrogen-bond acceptors (Lipinski definition) is 4. The number of sulfonamides is 1. The second kappa shape index (κ2) is 6.43. The Bertz CT molecular complexity index is 887. The summed E-state index contributed by atoms with van der Waals surface area (Å²) >= 11 is 0. The number of nitrogens with one attached hydrogen (secondary N) is 1. The van der Waals surface area contributed by atoms with Gasteiger partial charge in [0.05, 0.1) is 16.5 Å². The van der Waals surface area contributed by atoms with Gasteiger partial charge in [0.2, 0.25) is 15.9 Å². The predicted octanol–water partition coefficient (Wildman–Crippen LogP) is 1.42. The van der Waals surface area contributed by atoms with Crippen LogP contribution >= 0.6 is 0 Å². The van der Waals surface area contributed by atoms with E-state index in [1.165, 1.54) is 28.6 Å². The van der Waals surface area contributed by atoms with Crippen LogP contribution in [0, 0.1) is 11.3 Å². The molecule has 0 aliphatic carbocycles. The van der Waals surface area contributed by atoms with Gasteiger partial charge in [-0.25, -0.2) is 8.42 Å². The Balaban J connectivity index is 2.03. The molecule has 1 fully saturated rings. The summed E-state index contributed by atoms with van der Waals surface area (Å²) in [5, 5.41) is 11.6. The number of carbonyl (C=O) groups is 1. The minimum absolute atomic E-state index is 0.0668. The minimum atomic E-state index is -3.85. The largest absolute Gasteiger partial charge is 0.353 e. The molecule has 1 aliphatic rings. The highest BCUT2D eigenvalue weighted by molar-refractivity contribution is 7.89. The fourth-order valence-electron chi connectivity index (χ4n) is 2.69. The molecule has 1 heterocycles. The highest BCUT2D eigenvalue weighted by atomic mass is 32.2. The fourth-order valence-corrected chi connectivity index (χ4v) is 4.27. The van der Waals surface area contributed by atoms with E-state index in [9.17, 15) is 13.2 Å². The van der Waals surface area contributed by atoms with Crippen molar-refractivity contribution in [1.82, 2.24) is 9.62 Å². The van der Waals surface area contributed by atoms with Crippen molar-refractivity contribution in [3.8, 4) is 6.07 Å². The van der Waals surface area contributed by atoms with Gasteiger partial charge in [-0.2, -0.15) is 9.57 Å². The SMILES string of the molecule is N#Cc1ccc(S(=O)(=O)N2CCNC(=O)[C@@H]2c2ccccc2)cc1. The van der Waals surface area contributed by atoms with Gasteiger partial charge in [0, 0.05) is 13.1 Å². The first-order chi connectivity index (χ1) is 11.5. The van der Waals surface area contributed by atoms with Gasteiger partial charge in [-0.3, -0.25) is 4.79 Å². The first kappa shape index (κ1) is 16.2. The Morgan fingerprint density at radius 3 is 2.38 bits per heavy atom. The van der Waals surface area contributed by atoms with Gasteiger partial charge in [0.25, 0.3) is 0 Å². The number of amides is 1. The monoisotopic (exact) mass is 341 g/mol. The summed E-state index contributed by atoms with van der Waals surface area (Å²) < 4.78 is 27.2. The molecule has 1 amide bonds. The third-order valence-corrected chi connectivity index (χ3v) is 5.75. The molecule has 2 aromatic carbocycles. The Kier molecular flexibility index (Phi) is 4.34. The summed E-state index contributed by atoms with van der Waals surface area (Å²) in [7, 11) is -3.85. The molecule has 1 saturated heterocycles. The fraction of sp³-hybridized carbons (Fsp3) is 0.176. The molecule has 0 spiro atoms. The van der Waals surface area contributed by atoms with E-state index in [1.54, 1.807) is 24.3 Å². The third-order valence-electron chi connectivity index (χ3n) is 3.87. The predicted molar refractivity (Wildman–Crippen MR) is 87.2 cm³/mol. The average molecular weight is 341 g/mol. The number of hydrogen-bond donors (Lipinski definition) is 1. The zero-order valence-electron chi connectivity index (χ0n) is 12.7. The molecule has 24 heavy (non-hydrogen) atoms. The topological polar surface area (TPSA) is 90.3 Å². The summed E-state index contributed by atoms with van der Waals surface area (Å²) in [5.74, 6) is -0.343. The second-order valence-electron chi connectivity index (χ2n) is 5.36. The molecule has 1 N–H and O–H groups in total. The highest BCUT2D eigenvalue weighted by Crippen LogP contribution is 2.29. The number of piperazine rings is 1. The van der Waals surface area contributed by atoms with E-state index in [0.29, 0.717) is 11.1 Å². The van der Waals surface area contributed by atoms with Gasteiger partial charge in [-0.05, 0) is 29.8 Å². The lowest BCUT2D eigenvalue weighted by Crippen LogP contribution is -2.52. The summed E-state index contributed by atoms with van der Waals surface area (Å²) in [6.45, 7) is 0.450. The first-order valence-electron chi connectivity index (χ1n) is 7.39. The van der Waals surface area contributed by atoms with E-state index in [4.69, 9.17) is 5.26 Å². The molecule has 7 heteroatoms. The molecule has 0 bridgehead atoms. The zero-order chi connectivity index (χ0) is 17.2. The van der Waals surface area contributed by atoms with Crippen LogP contribution in [0.25, 0.3) is 0 Å². The van der Waals surface area contributed by atoms with E-state index in [1.807, 2.05) is 12.1 Å². The Morgan fingerprint density at radius 1 is 1.08 bits per heavy atom. The number of nitriles is 1. The Labute approximate surface area is 140 Å². The lowest BCUT2D eigenvalue weighted by Gasteiger charge is -2.34. The van der Waals surface area contributed by atoms with Gasteiger partial charge in [-0.15, -0.1) is 0 Å². The van der Waals surface area contributed by atoms with Gasteiger partial charge in [0.15, 0.2) is 0 Å². The maximum Gasteiger partial charge on any atom is 0.244 e. The average Bonchev–Trinajstić information content (AvgIpc) is 2.62. The highest BCUT2D eigenvalue weighted by Gasteiger charge is 2.39. The Hall–Kier alpha value is -2.69. The molecule has 1 aliphatic heterocycles. The molecular formula is C17H15N3O3S. The van der Waals surface area contributed by atoms with Crippen molar-refractivity contribution < 1.29 is 13.2 Å². The van der Waals surface area contributed by atoms with Gasteiger partial charge < -0.3 is 5.32 Å². The lowest BCUT2D eigenvalue weighted by atomic mass is 10.1. The van der Waals surface area contributed by atoms with Crippen LogP contribution in [-0.2, 0) is 14.8 Å². The maximum atomic E-state index is 13.0. The van der Waals surface area contributed by atoms with Crippen LogP contribution in [0.4, 0.5) is 0 Å². The molecule has 3 rings (SSSR count). The molecule has 0 unspecified atom stereocenters. The van der Waals surface area contributed by atoms with Gasteiger partial charge in [0.1, 0.15) is 6.04 Å². The van der Waals surface area contributed by atoms with Crippen LogP contribution in [0.3, 0.4) is 0 Å². The number of nitrogens with zero attached hydrogens (tertiary/aromatic N) is 2. The molecule has 6 nitrogen and oxygen atoms in total. The van der Waals surface area contributed by atoms with Crippen molar-refractivity contribution in [3.05, 3.63) is 65.7 Å². The summed E-state index contributed by atoms with van der Waals surface area (Å²) in [6, 6.07) is 15.6. The molecule has 0 saturated carbocycles. The van der Waals surface area contributed by atoms with Crippen molar-refractivity contribution in [2.45, 2.75) is 10.9 Å². The van der Waals surface area contributed by atoms with E-state index in [-0.39, 0.29) is 23.9 Å². The molecule has 0 aromatic heterocycles. The minimum Gasteiger partial charge on any atom is -0.353 e. The molecule has 122 valence electrons. The third kappa shape index (κ3) is 2.89. The lowest BCUT2D eigenvalue weighted by molar-refractivity contribution is -0.126. The van der Waals surface area contributed by atoms with Crippen LogP contribution in [0.1, 0.15) is 17.2 Å². The van der Waals surface area contributed by atoms with Gasteiger partial charge >= 0.3 is 0 Å². The zero-order valence-corrected chi connectivity index (χ0v) is 13.5. The van der Waals surface area contributed by atoms with Crippen molar-refractivity contribution in [3.63, 3.8) is 0 Å². The second-order valence-corrected chi connectivity index (χ2v) is 7.25. The van der Waals surface area contributed by atoms with Crippen LogP contribution in [0.5, 0.6) is 0 Å². The van der Waals surface area contributed by atoms with E-state index in [0.717, 1.165) is 0 Å². The van der Waals surface area contributed by atoms with Crippen molar-refractivity contribution in [2.75, 3.05) is 13.1 Å². The number of carbonyl (C=O) groups excluding carboxylic acids is 1. The number of benzene rings is 2. The van der Waals surface area contributed by atoms with Crippen LogP contribution in [-0.4, -0.2) is 31.7 Å². The molecule has 1 atom stereocenters. The van der Waals surface area contributed by atoms with Crippen LogP contribution in [0.15, 0.2) is 59.5 Å². The maximum absolute atomic E-state index is 13.0. The molecule has 0 radical (unpaired) electrons. The van der Waals surface area contributed by atoms with E-state index < -0.39 is 16.1 Å². The van der Waals surface area contributed by atoms with Gasteiger partial charge in [-0.1, -0.05) is 30.3 Å².